The van der Waals surface area contributed by atoms with Crippen molar-refractivity contribution < 1.29 is 9.53 Å². The summed E-state index contributed by atoms with van der Waals surface area (Å²) in [6.07, 6.45) is 3.87. The van der Waals surface area contributed by atoms with Crippen molar-refractivity contribution in [3.63, 3.8) is 0 Å². The van der Waals surface area contributed by atoms with Crippen LogP contribution in [-0.2, 0) is 4.74 Å². The van der Waals surface area contributed by atoms with Crippen LogP contribution in [0, 0.1) is 0 Å². The van der Waals surface area contributed by atoms with Gasteiger partial charge in [-0.1, -0.05) is 6.92 Å². The van der Waals surface area contributed by atoms with E-state index in [1.807, 2.05) is 6.92 Å². The fraction of sp³-hybridized carbons (Fsp3) is 0.545. The highest BCUT2D eigenvalue weighted by Gasteiger charge is 2.24. The normalized spacial score (nSPS) is 20.3. The summed E-state index contributed by atoms with van der Waals surface area (Å²) in [6, 6.07) is 0. The van der Waals surface area contributed by atoms with Crippen LogP contribution in [0.1, 0.15) is 23.8 Å². The molecule has 0 spiro atoms. The quantitative estimate of drug-likeness (QED) is 0.799. The van der Waals surface area contributed by atoms with E-state index in [1.54, 1.807) is 4.90 Å². The third kappa shape index (κ3) is 2.71. The summed E-state index contributed by atoms with van der Waals surface area (Å²) in [5.74, 6) is 0.128. The average Bonchev–Trinajstić information content (AvgIpc) is 2.38. The number of carbonyl (C=O) groups is 1. The van der Waals surface area contributed by atoms with E-state index in [-0.39, 0.29) is 17.8 Å². The average molecular weight is 236 g/mol. The molecular formula is C11H16N4O2. The lowest BCUT2D eigenvalue weighted by Gasteiger charge is -2.32. The van der Waals surface area contributed by atoms with Crippen LogP contribution in [0.25, 0.3) is 0 Å². The highest BCUT2D eigenvalue weighted by atomic mass is 16.5. The Labute approximate surface area is 99.8 Å². The van der Waals surface area contributed by atoms with Gasteiger partial charge < -0.3 is 15.4 Å². The van der Waals surface area contributed by atoms with Gasteiger partial charge in [0.15, 0.2) is 0 Å². The van der Waals surface area contributed by atoms with Gasteiger partial charge in [-0.15, -0.1) is 0 Å². The van der Waals surface area contributed by atoms with Crippen molar-refractivity contribution in [1.82, 2.24) is 14.9 Å². The van der Waals surface area contributed by atoms with Crippen LogP contribution >= 0.6 is 0 Å². The van der Waals surface area contributed by atoms with Crippen LogP contribution in [-0.4, -0.2) is 46.6 Å². The number of nitrogens with two attached hydrogens (primary N) is 1. The predicted molar refractivity (Wildman–Crippen MR) is 62.4 cm³/mol. The van der Waals surface area contributed by atoms with E-state index < -0.39 is 0 Å². The Balaban J connectivity index is 2.09. The van der Waals surface area contributed by atoms with Gasteiger partial charge in [-0.05, 0) is 6.42 Å². The summed E-state index contributed by atoms with van der Waals surface area (Å²) in [5, 5.41) is 0. The summed E-state index contributed by atoms with van der Waals surface area (Å²) >= 11 is 0. The third-order valence-electron chi connectivity index (χ3n) is 2.75. The minimum absolute atomic E-state index is 0.113. The Hall–Kier alpha value is -1.69. The van der Waals surface area contributed by atoms with Gasteiger partial charge in [-0.3, -0.25) is 9.78 Å². The zero-order chi connectivity index (χ0) is 12.3. The minimum Gasteiger partial charge on any atom is -0.382 e. The molecule has 1 aliphatic heterocycles. The van der Waals surface area contributed by atoms with Crippen molar-refractivity contribution in [2.45, 2.75) is 19.4 Å². The lowest BCUT2D eigenvalue weighted by Crippen LogP contribution is -2.45. The zero-order valence-corrected chi connectivity index (χ0v) is 9.80. The standard InChI is InChI=1S/C11H16N4O2/c1-2-8-7-15(3-4-17-8)11(16)9-5-13-6-10(12)14-9/h5-6,8H,2-4,7H2,1H3,(H2,12,14). The molecule has 0 aliphatic carbocycles. The van der Waals surface area contributed by atoms with E-state index >= 15 is 0 Å². The molecule has 17 heavy (non-hydrogen) atoms. The van der Waals surface area contributed by atoms with Gasteiger partial charge in [0.25, 0.3) is 5.91 Å². The number of hydrogen-bond donors (Lipinski definition) is 1. The van der Waals surface area contributed by atoms with Crippen LogP contribution < -0.4 is 5.73 Å². The smallest absolute Gasteiger partial charge is 0.274 e. The van der Waals surface area contributed by atoms with E-state index in [0.717, 1.165) is 6.42 Å². The van der Waals surface area contributed by atoms with Crippen LogP contribution in [0.5, 0.6) is 0 Å². The summed E-state index contributed by atoms with van der Waals surface area (Å²) < 4.78 is 5.51. The molecule has 6 nitrogen and oxygen atoms in total. The van der Waals surface area contributed by atoms with Crippen LogP contribution in [0.3, 0.4) is 0 Å². The number of carbonyl (C=O) groups excluding carboxylic acids is 1. The molecule has 2 heterocycles. The highest BCUT2D eigenvalue weighted by Crippen LogP contribution is 2.11. The molecule has 0 bridgehead atoms. The Bertz CT molecular complexity index is 410. The molecule has 0 saturated carbocycles. The molecule has 0 aromatic carbocycles. The topological polar surface area (TPSA) is 81.3 Å². The van der Waals surface area contributed by atoms with Gasteiger partial charge in [0, 0.05) is 13.1 Å². The van der Waals surface area contributed by atoms with Gasteiger partial charge in [-0.25, -0.2) is 4.98 Å². The summed E-state index contributed by atoms with van der Waals surface area (Å²) in [5.41, 5.74) is 5.80. The van der Waals surface area contributed by atoms with Gasteiger partial charge in [0.1, 0.15) is 11.5 Å². The Morgan fingerprint density at radius 2 is 2.47 bits per heavy atom. The Morgan fingerprint density at radius 3 is 3.18 bits per heavy atom. The fourth-order valence-electron chi connectivity index (χ4n) is 1.80. The number of nitrogens with zero attached hydrogens (tertiary/aromatic N) is 3. The molecule has 92 valence electrons. The first-order chi connectivity index (χ1) is 8.20. The highest BCUT2D eigenvalue weighted by molar-refractivity contribution is 5.92. The van der Waals surface area contributed by atoms with Crippen molar-refractivity contribution in [2.24, 2.45) is 0 Å². The number of nitrogen functional groups attached to an aromatic ring is 1. The summed E-state index contributed by atoms with van der Waals surface area (Å²) in [6.45, 7) is 3.80. The number of ether oxygens (including phenoxy) is 1. The number of morpholine rings is 1. The summed E-state index contributed by atoms with van der Waals surface area (Å²) in [7, 11) is 0. The van der Waals surface area contributed by atoms with Crippen LogP contribution in [0.4, 0.5) is 5.82 Å². The molecule has 1 aliphatic rings. The van der Waals surface area contributed by atoms with Crippen molar-refractivity contribution in [2.75, 3.05) is 25.4 Å². The molecule has 1 unspecified atom stereocenters. The zero-order valence-electron chi connectivity index (χ0n) is 9.80. The maximum absolute atomic E-state index is 12.1. The molecular weight excluding hydrogens is 220 g/mol. The second-order valence-corrected chi connectivity index (χ2v) is 3.98. The largest absolute Gasteiger partial charge is 0.382 e. The molecule has 1 aromatic rings. The maximum Gasteiger partial charge on any atom is 0.274 e. The summed E-state index contributed by atoms with van der Waals surface area (Å²) in [4.78, 5) is 21.7. The number of aromatic nitrogens is 2. The lowest BCUT2D eigenvalue weighted by atomic mass is 10.2. The fourth-order valence-corrected chi connectivity index (χ4v) is 1.80. The van der Waals surface area contributed by atoms with Gasteiger partial charge in [0.05, 0.1) is 25.1 Å². The molecule has 2 rings (SSSR count). The van der Waals surface area contributed by atoms with Crippen LogP contribution in [0.15, 0.2) is 12.4 Å². The molecule has 6 heteroatoms. The molecule has 0 radical (unpaired) electrons. The van der Waals surface area contributed by atoms with Crippen molar-refractivity contribution in [1.29, 1.82) is 0 Å². The van der Waals surface area contributed by atoms with E-state index in [4.69, 9.17) is 10.5 Å². The lowest BCUT2D eigenvalue weighted by molar-refractivity contribution is -0.0228. The van der Waals surface area contributed by atoms with Crippen molar-refractivity contribution >= 4 is 11.7 Å². The van der Waals surface area contributed by atoms with Gasteiger partial charge in [0.2, 0.25) is 0 Å². The molecule has 1 aromatic heterocycles. The number of hydrogen-bond acceptors (Lipinski definition) is 5. The molecule has 1 atom stereocenters. The number of anilines is 1. The molecule has 1 fully saturated rings. The number of rotatable bonds is 2. The SMILES string of the molecule is CCC1CN(C(=O)c2cncc(N)n2)CCO1. The van der Waals surface area contributed by atoms with Crippen molar-refractivity contribution in [3.05, 3.63) is 18.1 Å². The molecule has 1 saturated heterocycles. The molecule has 2 N–H and O–H groups in total. The minimum atomic E-state index is -0.133. The Kier molecular flexibility index (Phi) is 3.53. The van der Waals surface area contributed by atoms with E-state index in [1.165, 1.54) is 12.4 Å². The first-order valence-electron chi connectivity index (χ1n) is 5.69. The first-order valence-corrected chi connectivity index (χ1v) is 5.69. The van der Waals surface area contributed by atoms with E-state index in [2.05, 4.69) is 9.97 Å². The van der Waals surface area contributed by atoms with Crippen LogP contribution in [0.2, 0.25) is 0 Å². The predicted octanol–water partition coefficient (Wildman–Crippen LogP) is 0.310. The van der Waals surface area contributed by atoms with Crippen molar-refractivity contribution in [3.8, 4) is 0 Å². The van der Waals surface area contributed by atoms with E-state index in [9.17, 15) is 4.79 Å². The molecule has 1 amide bonds. The number of amides is 1. The second-order valence-electron chi connectivity index (χ2n) is 3.98. The maximum atomic E-state index is 12.1. The third-order valence-corrected chi connectivity index (χ3v) is 2.75. The first kappa shape index (κ1) is 11.8. The Morgan fingerprint density at radius 1 is 1.65 bits per heavy atom. The van der Waals surface area contributed by atoms with E-state index in [0.29, 0.717) is 25.4 Å². The van der Waals surface area contributed by atoms with Gasteiger partial charge >= 0.3 is 0 Å². The monoisotopic (exact) mass is 236 g/mol. The van der Waals surface area contributed by atoms with Gasteiger partial charge in [-0.2, -0.15) is 0 Å². The second kappa shape index (κ2) is 5.09.